The van der Waals surface area contributed by atoms with Crippen LogP contribution >= 0.6 is 19.4 Å². The molecule has 1 saturated carbocycles. The Bertz CT molecular complexity index is 1390. The molecule has 2 bridgehead atoms. The molecule has 3 aromatic carbocycles. The fourth-order valence-electron chi connectivity index (χ4n) is 7.43. The monoisotopic (exact) mass is 722 g/mol. The molecule has 242 valence electrons. The summed E-state index contributed by atoms with van der Waals surface area (Å²) in [7, 11) is 11.6. The van der Waals surface area contributed by atoms with E-state index >= 15 is 0 Å². The summed E-state index contributed by atoms with van der Waals surface area (Å²) in [6, 6.07) is 26.0. The molecule has 2 saturated heterocycles. The quantitative estimate of drug-likeness (QED) is 0.170. The number of para-hydroxylation sites is 2. The number of piperidine rings is 2. The van der Waals surface area contributed by atoms with Crippen molar-refractivity contribution >= 4 is 29.7 Å². The van der Waals surface area contributed by atoms with E-state index in [1.807, 2.05) is 42.7 Å². The Hall–Kier alpha value is -1.67. The average molecular weight is 723 g/mol. The van der Waals surface area contributed by atoms with Crippen LogP contribution in [0.4, 0.5) is 5.69 Å². The van der Waals surface area contributed by atoms with Gasteiger partial charge in [-0.3, -0.25) is 0 Å². The Balaban J connectivity index is 0.000000265. The zero-order chi connectivity index (χ0) is 32.2. The van der Waals surface area contributed by atoms with Crippen molar-refractivity contribution < 1.29 is 18.3 Å². The van der Waals surface area contributed by atoms with Crippen LogP contribution in [0.5, 0.6) is 5.75 Å². The van der Waals surface area contributed by atoms with E-state index in [1.54, 1.807) is 0 Å². The molecule has 1 aliphatic carbocycles. The number of hydrogen-bond donors (Lipinski definition) is 0. The Morgan fingerprint density at radius 1 is 0.841 bits per heavy atom. The summed E-state index contributed by atoms with van der Waals surface area (Å²) >= 11 is -1.77. The van der Waals surface area contributed by atoms with E-state index in [0.29, 0.717) is 23.7 Å². The van der Waals surface area contributed by atoms with E-state index in [9.17, 15) is 0 Å². The van der Waals surface area contributed by atoms with E-state index in [0.717, 1.165) is 11.3 Å². The molecule has 5 heteroatoms. The van der Waals surface area contributed by atoms with Gasteiger partial charge in [0.2, 0.25) is 0 Å². The molecule has 0 spiro atoms. The van der Waals surface area contributed by atoms with Gasteiger partial charge < -0.3 is 4.90 Å². The molecule has 0 aromatic heterocycles. The van der Waals surface area contributed by atoms with Gasteiger partial charge in [0.05, 0.1) is 0 Å². The average Bonchev–Trinajstić information content (AvgIpc) is 2.97. The van der Waals surface area contributed by atoms with Crippen LogP contribution in [-0.2, 0) is 13.5 Å². The Labute approximate surface area is 281 Å². The number of halogens is 2. The standard InChI is InChI=1S/C29H40N.C10H12O.2ClH.Ru/c1-20(2)25-14-11-15-26(21(3)4)27(25)30-19-29(17-16-28(30,7)18-22(29)5)23(6)24-12-9-8-10-13-24;1-8(2)11-10-7-5-4-6-9(10)3;;;/h8-15,19-23H,16-18H2,1-7H3;3-8H,1-2H3;2*1H;/q-1;;;;+2/p-2/t22-,23?,28-,29+;;;;/m1..../s1. The second-order valence-electron chi connectivity index (χ2n) is 14.0. The topological polar surface area (TPSA) is 12.5 Å². The molecule has 2 aliphatic heterocycles. The summed E-state index contributed by atoms with van der Waals surface area (Å²) in [4.78, 5) is 2.75. The van der Waals surface area contributed by atoms with Crippen LogP contribution in [0.2, 0.25) is 0 Å². The summed E-state index contributed by atoms with van der Waals surface area (Å²) in [6.07, 6.45) is 3.99. The molecule has 44 heavy (non-hydrogen) atoms. The maximum Gasteiger partial charge on any atom is 0.0145 e. The van der Waals surface area contributed by atoms with Crippen LogP contribution in [-0.4, -0.2) is 16.3 Å². The molecular formula is C39H52Cl2NORu-. The molecule has 0 radical (unpaired) electrons. The molecule has 0 amide bonds. The predicted molar refractivity (Wildman–Crippen MR) is 189 cm³/mol. The number of nitrogens with zero attached hydrogens (tertiary/aromatic N) is 1. The first-order valence-corrected chi connectivity index (χ1v) is 21.7. The van der Waals surface area contributed by atoms with Gasteiger partial charge in [-0.15, -0.1) is 5.41 Å². The smallest absolute Gasteiger partial charge is 0.0145 e. The number of benzene rings is 3. The van der Waals surface area contributed by atoms with E-state index < -0.39 is 13.5 Å². The van der Waals surface area contributed by atoms with Crippen LogP contribution in [0.15, 0.2) is 72.8 Å². The minimum atomic E-state index is -1.77. The zero-order valence-corrected chi connectivity index (χ0v) is 31.3. The van der Waals surface area contributed by atoms with Gasteiger partial charge in [0.15, 0.2) is 0 Å². The van der Waals surface area contributed by atoms with Gasteiger partial charge in [-0.25, -0.2) is 6.54 Å². The molecule has 0 N–H and O–H groups in total. The minimum absolute atomic E-state index is 0.163. The molecule has 4 atom stereocenters. The Kier molecular flexibility index (Phi) is 11.9. The van der Waals surface area contributed by atoms with Crippen molar-refractivity contribution in [3.63, 3.8) is 0 Å². The molecule has 3 aromatic rings. The van der Waals surface area contributed by atoms with Crippen LogP contribution in [0.1, 0.15) is 122 Å². The molecular weight excluding hydrogens is 670 g/mol. The molecule has 3 aliphatic rings. The number of hydrogen-bond acceptors (Lipinski definition) is 2. The molecule has 3 fully saturated rings. The van der Waals surface area contributed by atoms with Crippen molar-refractivity contribution in [2.45, 2.75) is 111 Å². The van der Waals surface area contributed by atoms with Crippen LogP contribution in [0.25, 0.3) is 0 Å². The first-order valence-electron chi connectivity index (χ1n) is 16.2. The predicted octanol–water partition coefficient (Wildman–Crippen LogP) is 11.8. The third-order valence-corrected chi connectivity index (χ3v) is 11.7. The third-order valence-electron chi connectivity index (χ3n) is 9.87. The fraction of sp³-hybridized carbons (Fsp3) is 0.487. The summed E-state index contributed by atoms with van der Waals surface area (Å²) in [6.45, 7) is 23.5. The summed E-state index contributed by atoms with van der Waals surface area (Å²) in [5.74, 6) is 3.11. The zero-order valence-electron chi connectivity index (χ0n) is 28.1. The van der Waals surface area contributed by atoms with Crippen molar-refractivity contribution in [1.82, 2.24) is 0 Å². The number of fused-ring (bicyclic) bond motifs is 3. The van der Waals surface area contributed by atoms with Gasteiger partial charge in [0.25, 0.3) is 0 Å². The van der Waals surface area contributed by atoms with E-state index in [-0.39, 0.29) is 17.1 Å². The van der Waals surface area contributed by atoms with Crippen molar-refractivity contribution in [1.29, 1.82) is 0 Å². The summed E-state index contributed by atoms with van der Waals surface area (Å²) in [5, 5.41) is 0. The first-order chi connectivity index (χ1) is 20.8. The number of anilines is 1. The van der Waals surface area contributed by atoms with Crippen LogP contribution in [0.3, 0.4) is 0 Å². The van der Waals surface area contributed by atoms with E-state index in [2.05, 4.69) is 108 Å². The van der Waals surface area contributed by atoms with Gasteiger partial charge >= 0.3 is 97.8 Å². The van der Waals surface area contributed by atoms with Crippen molar-refractivity contribution in [3.05, 3.63) is 102 Å². The van der Waals surface area contributed by atoms with Crippen molar-refractivity contribution in [3.8, 4) is 5.75 Å². The molecule has 2 nitrogen and oxygen atoms in total. The summed E-state index contributed by atoms with van der Waals surface area (Å²) < 4.78 is 7.51. The normalized spacial score (nSPS) is 23.8. The van der Waals surface area contributed by atoms with E-state index in [4.69, 9.17) is 24.1 Å². The number of ether oxygens (including phenoxy) is 1. The SMILES string of the molecule is CC(C)Oc1ccccc1[CH]=[Ru]([Cl])[Cl].CC(C)c1cccc(C(C)C)c1N1[CH-][C@@]2(C(C)c3ccccc3)CC[C@]1(C)C[C@H]2C. The first kappa shape index (κ1) is 35.2. The van der Waals surface area contributed by atoms with Crippen molar-refractivity contribution in [2.75, 3.05) is 4.90 Å². The minimum Gasteiger partial charge on any atom is -0.517 e. The molecule has 2 heterocycles. The van der Waals surface area contributed by atoms with Crippen LogP contribution < -0.4 is 9.64 Å². The van der Waals surface area contributed by atoms with Gasteiger partial charge in [-0.2, -0.15) is 0 Å². The van der Waals surface area contributed by atoms with Gasteiger partial charge in [0.1, 0.15) is 0 Å². The second kappa shape index (κ2) is 14.8. The third kappa shape index (κ3) is 7.65. The van der Waals surface area contributed by atoms with Gasteiger partial charge in [-0.05, 0) is 54.2 Å². The van der Waals surface area contributed by atoms with Crippen LogP contribution in [0, 0.1) is 17.9 Å². The second-order valence-corrected chi connectivity index (χ2v) is 19.7. The van der Waals surface area contributed by atoms with Gasteiger partial charge in [-0.1, -0.05) is 102 Å². The fourth-order valence-corrected chi connectivity index (χ4v) is 9.24. The van der Waals surface area contributed by atoms with Gasteiger partial charge in [0, 0.05) is 11.2 Å². The van der Waals surface area contributed by atoms with Crippen molar-refractivity contribution in [2.24, 2.45) is 11.3 Å². The molecule has 6 rings (SSSR count). The van der Waals surface area contributed by atoms with E-state index in [1.165, 1.54) is 41.6 Å². The molecule has 1 unspecified atom stereocenters. The maximum atomic E-state index is 5.82. The number of rotatable bonds is 8. The Morgan fingerprint density at radius 3 is 1.98 bits per heavy atom. The largest absolute Gasteiger partial charge is 0.517 e. The maximum absolute atomic E-state index is 5.82. The summed E-state index contributed by atoms with van der Waals surface area (Å²) in [5.41, 5.74) is 7.41. The Morgan fingerprint density at radius 2 is 1.43 bits per heavy atom.